The predicted octanol–water partition coefficient (Wildman–Crippen LogP) is 3.90. The lowest BCUT2D eigenvalue weighted by Crippen LogP contribution is -2.51. The summed E-state index contributed by atoms with van der Waals surface area (Å²) < 4.78 is 19.4. The minimum atomic E-state index is -0.750. The van der Waals surface area contributed by atoms with Crippen molar-refractivity contribution in [1.29, 1.82) is 0 Å². The van der Waals surface area contributed by atoms with Crippen molar-refractivity contribution in [2.45, 2.75) is 25.9 Å². The van der Waals surface area contributed by atoms with Crippen LogP contribution >= 0.6 is 0 Å². The van der Waals surface area contributed by atoms with E-state index in [-0.39, 0.29) is 24.8 Å². The van der Waals surface area contributed by atoms with Crippen molar-refractivity contribution >= 4 is 11.8 Å². The first-order valence-electron chi connectivity index (χ1n) is 10.5. The summed E-state index contributed by atoms with van der Waals surface area (Å²) in [5.41, 5.74) is 2.91. The van der Waals surface area contributed by atoms with E-state index in [1.54, 1.807) is 19.2 Å². The van der Waals surface area contributed by atoms with Crippen LogP contribution in [0.4, 0.5) is 4.39 Å². The molecule has 1 atom stereocenters. The number of halogens is 1. The molecule has 0 saturated heterocycles. The van der Waals surface area contributed by atoms with Crippen LogP contribution in [0.3, 0.4) is 0 Å². The summed E-state index contributed by atoms with van der Waals surface area (Å²) >= 11 is 0. The first-order chi connectivity index (χ1) is 15.5. The van der Waals surface area contributed by atoms with E-state index < -0.39 is 17.8 Å². The van der Waals surface area contributed by atoms with Crippen LogP contribution in [0.1, 0.15) is 16.7 Å². The molecule has 0 bridgehead atoms. The second kappa shape index (κ2) is 11.1. The Kier molecular flexibility index (Phi) is 7.97. The van der Waals surface area contributed by atoms with E-state index >= 15 is 0 Å². The van der Waals surface area contributed by atoms with Gasteiger partial charge in [0.05, 0.1) is 0 Å². The number of nitrogens with zero attached hydrogens (tertiary/aromatic N) is 1. The minimum absolute atomic E-state index is 0.00399. The molecule has 1 N–H and O–H groups in total. The van der Waals surface area contributed by atoms with Gasteiger partial charge in [0.1, 0.15) is 6.04 Å². The molecule has 0 saturated carbocycles. The molecule has 3 aromatic rings. The van der Waals surface area contributed by atoms with Crippen molar-refractivity contribution in [1.82, 2.24) is 10.2 Å². The van der Waals surface area contributed by atoms with Gasteiger partial charge in [-0.1, -0.05) is 72.3 Å². The highest BCUT2D eigenvalue weighted by Crippen LogP contribution is 2.18. The zero-order valence-electron chi connectivity index (χ0n) is 18.3. The van der Waals surface area contributed by atoms with Crippen molar-refractivity contribution in [3.8, 4) is 5.75 Å². The van der Waals surface area contributed by atoms with Gasteiger partial charge in [-0.05, 0) is 30.2 Å². The lowest BCUT2D eigenvalue weighted by atomic mass is 10.0. The van der Waals surface area contributed by atoms with Crippen molar-refractivity contribution < 1.29 is 18.7 Å². The Labute approximate surface area is 187 Å². The van der Waals surface area contributed by atoms with Crippen molar-refractivity contribution in [3.63, 3.8) is 0 Å². The van der Waals surface area contributed by atoms with Crippen LogP contribution in [0.5, 0.6) is 5.75 Å². The third-order valence-corrected chi connectivity index (χ3v) is 5.18. The number of para-hydroxylation sites is 1. The third kappa shape index (κ3) is 6.17. The maximum absolute atomic E-state index is 13.9. The van der Waals surface area contributed by atoms with Crippen LogP contribution < -0.4 is 10.1 Å². The molecular weight excluding hydrogens is 407 g/mol. The molecule has 0 spiro atoms. The maximum atomic E-state index is 13.9. The van der Waals surface area contributed by atoms with Crippen LogP contribution in [0.2, 0.25) is 0 Å². The molecule has 3 rings (SSSR count). The molecule has 1 unspecified atom stereocenters. The molecule has 0 radical (unpaired) electrons. The summed E-state index contributed by atoms with van der Waals surface area (Å²) in [5.74, 6) is -1.23. The fourth-order valence-electron chi connectivity index (χ4n) is 3.39. The number of rotatable bonds is 9. The van der Waals surface area contributed by atoms with Gasteiger partial charge in [0.15, 0.2) is 18.2 Å². The van der Waals surface area contributed by atoms with E-state index in [4.69, 9.17) is 4.74 Å². The summed E-state index contributed by atoms with van der Waals surface area (Å²) in [6, 6.07) is 22.5. The lowest BCUT2D eigenvalue weighted by molar-refractivity contribution is -0.142. The number of hydrogen-bond donors (Lipinski definition) is 1. The normalized spacial score (nSPS) is 11.5. The van der Waals surface area contributed by atoms with E-state index in [2.05, 4.69) is 5.32 Å². The molecule has 0 aliphatic rings. The largest absolute Gasteiger partial charge is 0.481 e. The second-order valence-electron chi connectivity index (χ2n) is 7.55. The van der Waals surface area contributed by atoms with Gasteiger partial charge >= 0.3 is 0 Å². The average molecular weight is 435 g/mol. The SMILES string of the molecule is CNC(=O)C(Cc1ccccc1)N(Cc1ccc(C)cc1)C(=O)COc1ccccc1F. The highest BCUT2D eigenvalue weighted by molar-refractivity contribution is 5.88. The fraction of sp³-hybridized carbons (Fsp3) is 0.231. The van der Waals surface area contributed by atoms with Crippen LogP contribution in [-0.2, 0) is 22.6 Å². The van der Waals surface area contributed by atoms with Crippen LogP contribution in [0.25, 0.3) is 0 Å². The topological polar surface area (TPSA) is 58.6 Å². The number of benzene rings is 3. The molecule has 2 amide bonds. The Bertz CT molecular complexity index is 1040. The van der Waals surface area contributed by atoms with Crippen molar-refractivity contribution in [2.75, 3.05) is 13.7 Å². The zero-order valence-corrected chi connectivity index (χ0v) is 18.3. The number of aryl methyl sites for hydroxylation is 1. The molecule has 0 aliphatic heterocycles. The quantitative estimate of drug-likeness (QED) is 0.556. The molecular formula is C26H27FN2O3. The number of ether oxygens (including phenoxy) is 1. The van der Waals surface area contributed by atoms with Crippen molar-refractivity contribution in [2.24, 2.45) is 0 Å². The molecule has 32 heavy (non-hydrogen) atoms. The summed E-state index contributed by atoms with van der Waals surface area (Å²) in [4.78, 5) is 27.6. The van der Waals surface area contributed by atoms with Gasteiger partial charge in [0.2, 0.25) is 5.91 Å². The van der Waals surface area contributed by atoms with E-state index in [1.807, 2.05) is 61.5 Å². The molecule has 0 aliphatic carbocycles. The van der Waals surface area contributed by atoms with Gasteiger partial charge in [-0.15, -0.1) is 0 Å². The van der Waals surface area contributed by atoms with Crippen molar-refractivity contribution in [3.05, 3.63) is 101 Å². The molecule has 0 aromatic heterocycles. The average Bonchev–Trinajstić information content (AvgIpc) is 2.82. The van der Waals surface area contributed by atoms with Gasteiger partial charge in [0, 0.05) is 20.0 Å². The number of carbonyl (C=O) groups is 2. The summed E-state index contributed by atoms with van der Waals surface area (Å²) in [6.45, 7) is 1.83. The van der Waals surface area contributed by atoms with Crippen LogP contribution in [0, 0.1) is 12.7 Å². The molecule has 6 heteroatoms. The Balaban J connectivity index is 1.87. The molecule has 0 heterocycles. The highest BCUT2D eigenvalue weighted by Gasteiger charge is 2.30. The van der Waals surface area contributed by atoms with E-state index in [0.29, 0.717) is 6.42 Å². The number of likely N-dealkylation sites (N-methyl/N-ethyl adjacent to an activating group) is 1. The van der Waals surface area contributed by atoms with E-state index in [0.717, 1.165) is 16.7 Å². The molecule has 0 fully saturated rings. The van der Waals surface area contributed by atoms with Gasteiger partial charge in [0.25, 0.3) is 5.91 Å². The first kappa shape index (κ1) is 23.0. The second-order valence-corrected chi connectivity index (χ2v) is 7.55. The van der Waals surface area contributed by atoms with Crippen LogP contribution in [-0.4, -0.2) is 36.4 Å². The smallest absolute Gasteiger partial charge is 0.261 e. The third-order valence-electron chi connectivity index (χ3n) is 5.18. The number of carbonyl (C=O) groups excluding carboxylic acids is 2. The van der Waals surface area contributed by atoms with Gasteiger partial charge < -0.3 is 15.0 Å². The number of nitrogens with one attached hydrogen (secondary N) is 1. The zero-order chi connectivity index (χ0) is 22.9. The first-order valence-corrected chi connectivity index (χ1v) is 10.5. The molecule has 166 valence electrons. The molecule has 5 nitrogen and oxygen atoms in total. The lowest BCUT2D eigenvalue weighted by Gasteiger charge is -2.31. The number of hydrogen-bond acceptors (Lipinski definition) is 3. The Morgan fingerprint density at radius 2 is 1.59 bits per heavy atom. The summed E-state index contributed by atoms with van der Waals surface area (Å²) in [7, 11) is 1.55. The molecule has 3 aromatic carbocycles. The minimum Gasteiger partial charge on any atom is -0.481 e. The Hall–Kier alpha value is -3.67. The van der Waals surface area contributed by atoms with E-state index in [1.165, 1.54) is 17.0 Å². The van der Waals surface area contributed by atoms with Gasteiger partial charge in [-0.2, -0.15) is 0 Å². The summed E-state index contributed by atoms with van der Waals surface area (Å²) in [6.07, 6.45) is 0.345. The fourth-order valence-corrected chi connectivity index (χ4v) is 3.39. The van der Waals surface area contributed by atoms with E-state index in [9.17, 15) is 14.0 Å². The standard InChI is InChI=1S/C26H27FN2O3/c1-19-12-14-21(15-13-19)17-29(25(30)18-32-24-11-7-6-10-22(24)27)23(26(31)28-2)16-20-8-4-3-5-9-20/h3-15,23H,16-18H2,1-2H3,(H,28,31). The Morgan fingerprint density at radius 3 is 2.25 bits per heavy atom. The van der Waals surface area contributed by atoms with Crippen LogP contribution in [0.15, 0.2) is 78.9 Å². The predicted molar refractivity (Wildman–Crippen MR) is 122 cm³/mol. The number of amides is 2. The van der Waals surface area contributed by atoms with Gasteiger partial charge in [-0.3, -0.25) is 9.59 Å². The Morgan fingerprint density at radius 1 is 0.938 bits per heavy atom. The monoisotopic (exact) mass is 434 g/mol. The van der Waals surface area contributed by atoms with Gasteiger partial charge in [-0.25, -0.2) is 4.39 Å². The maximum Gasteiger partial charge on any atom is 0.261 e. The highest BCUT2D eigenvalue weighted by atomic mass is 19.1. The summed E-state index contributed by atoms with van der Waals surface area (Å²) in [5, 5.41) is 2.66.